The minimum Gasteiger partial charge on any atom is -0.391 e. The SMILES string of the molecule is CCCC[C@H](O)[C@H](N)c1c(Cl)ccc(Cl)c1F. The molecule has 0 fully saturated rings. The first-order valence-corrected chi connectivity index (χ1v) is 6.31. The Labute approximate surface area is 111 Å². The van der Waals surface area contributed by atoms with Crippen LogP contribution in [-0.4, -0.2) is 11.2 Å². The molecule has 0 unspecified atom stereocenters. The maximum atomic E-state index is 13.8. The molecule has 1 aromatic rings. The van der Waals surface area contributed by atoms with E-state index in [0.29, 0.717) is 6.42 Å². The zero-order valence-corrected chi connectivity index (χ0v) is 11.1. The van der Waals surface area contributed by atoms with Crippen molar-refractivity contribution >= 4 is 23.2 Å². The third kappa shape index (κ3) is 3.55. The van der Waals surface area contributed by atoms with Crippen LogP contribution in [0.15, 0.2) is 12.1 Å². The Bertz CT molecular complexity index is 387. The zero-order valence-electron chi connectivity index (χ0n) is 9.59. The van der Waals surface area contributed by atoms with Gasteiger partial charge < -0.3 is 10.8 Å². The lowest BCUT2D eigenvalue weighted by molar-refractivity contribution is 0.131. The summed E-state index contributed by atoms with van der Waals surface area (Å²) in [5.74, 6) is -0.651. The van der Waals surface area contributed by atoms with E-state index in [1.165, 1.54) is 12.1 Å². The Morgan fingerprint density at radius 2 is 1.94 bits per heavy atom. The molecule has 0 heterocycles. The number of rotatable bonds is 5. The van der Waals surface area contributed by atoms with Gasteiger partial charge in [-0.25, -0.2) is 4.39 Å². The highest BCUT2D eigenvalue weighted by molar-refractivity contribution is 6.33. The zero-order chi connectivity index (χ0) is 13.0. The second-order valence-corrected chi connectivity index (χ2v) is 4.81. The summed E-state index contributed by atoms with van der Waals surface area (Å²) in [6, 6.07) is 2.00. The minimum atomic E-state index is -0.854. The molecule has 0 saturated heterocycles. The van der Waals surface area contributed by atoms with Gasteiger partial charge in [-0.1, -0.05) is 43.0 Å². The van der Waals surface area contributed by atoms with Crippen molar-refractivity contribution in [2.24, 2.45) is 5.73 Å². The van der Waals surface area contributed by atoms with Crippen LogP contribution in [0.4, 0.5) is 4.39 Å². The lowest BCUT2D eigenvalue weighted by Gasteiger charge is -2.21. The van der Waals surface area contributed by atoms with E-state index in [9.17, 15) is 9.50 Å². The molecule has 17 heavy (non-hydrogen) atoms. The summed E-state index contributed by atoms with van der Waals surface area (Å²) in [7, 11) is 0. The molecule has 5 heteroatoms. The number of benzene rings is 1. The van der Waals surface area contributed by atoms with Crippen LogP contribution in [0.5, 0.6) is 0 Å². The Morgan fingerprint density at radius 3 is 2.53 bits per heavy atom. The molecule has 3 N–H and O–H groups in total. The number of hydrogen-bond donors (Lipinski definition) is 2. The monoisotopic (exact) mass is 279 g/mol. The van der Waals surface area contributed by atoms with E-state index >= 15 is 0 Å². The van der Waals surface area contributed by atoms with Crippen molar-refractivity contribution in [2.75, 3.05) is 0 Å². The van der Waals surface area contributed by atoms with Crippen LogP contribution in [0, 0.1) is 5.82 Å². The highest BCUT2D eigenvalue weighted by atomic mass is 35.5. The first kappa shape index (κ1) is 14.7. The van der Waals surface area contributed by atoms with Crippen LogP contribution in [0.1, 0.15) is 37.8 Å². The number of aliphatic hydroxyl groups excluding tert-OH is 1. The lowest BCUT2D eigenvalue weighted by atomic mass is 9.98. The summed E-state index contributed by atoms with van der Waals surface area (Å²) >= 11 is 11.6. The Kier molecular flexibility index (Phi) is 5.67. The van der Waals surface area contributed by atoms with Crippen molar-refractivity contribution in [3.63, 3.8) is 0 Å². The molecule has 96 valence electrons. The van der Waals surface area contributed by atoms with E-state index in [1.54, 1.807) is 0 Å². The van der Waals surface area contributed by atoms with Crippen molar-refractivity contribution in [2.45, 2.75) is 38.3 Å². The van der Waals surface area contributed by atoms with Crippen molar-refractivity contribution in [1.29, 1.82) is 0 Å². The molecule has 1 rings (SSSR count). The summed E-state index contributed by atoms with van der Waals surface area (Å²) in [6.07, 6.45) is 1.46. The van der Waals surface area contributed by atoms with E-state index in [2.05, 4.69) is 0 Å². The van der Waals surface area contributed by atoms with Crippen LogP contribution in [0.3, 0.4) is 0 Å². The van der Waals surface area contributed by atoms with E-state index in [0.717, 1.165) is 12.8 Å². The van der Waals surface area contributed by atoms with Gasteiger partial charge in [-0.15, -0.1) is 0 Å². The summed E-state index contributed by atoms with van der Waals surface area (Å²) in [6.45, 7) is 2.01. The highest BCUT2D eigenvalue weighted by Crippen LogP contribution is 2.31. The van der Waals surface area contributed by atoms with Gasteiger partial charge in [0.05, 0.1) is 17.2 Å². The van der Waals surface area contributed by atoms with Crippen molar-refractivity contribution in [3.8, 4) is 0 Å². The highest BCUT2D eigenvalue weighted by Gasteiger charge is 2.23. The summed E-state index contributed by atoms with van der Waals surface area (Å²) in [5.41, 5.74) is 5.90. The molecule has 0 aliphatic rings. The molecule has 1 aromatic carbocycles. The normalized spacial score (nSPS) is 14.7. The molecule has 0 spiro atoms. The van der Waals surface area contributed by atoms with Gasteiger partial charge in [0.2, 0.25) is 0 Å². The van der Waals surface area contributed by atoms with Gasteiger partial charge in [-0.05, 0) is 18.6 Å². The fourth-order valence-corrected chi connectivity index (χ4v) is 2.07. The van der Waals surface area contributed by atoms with Crippen molar-refractivity contribution in [1.82, 2.24) is 0 Å². The molecule has 0 aliphatic carbocycles. The average Bonchev–Trinajstić information content (AvgIpc) is 2.31. The Hall–Kier alpha value is -0.350. The molecule has 0 saturated carbocycles. The predicted molar refractivity (Wildman–Crippen MR) is 68.9 cm³/mol. The number of unbranched alkanes of at least 4 members (excludes halogenated alkanes) is 1. The molecule has 2 nitrogen and oxygen atoms in total. The summed E-state index contributed by atoms with van der Waals surface area (Å²) in [4.78, 5) is 0. The number of halogens is 3. The van der Waals surface area contributed by atoms with Crippen molar-refractivity contribution < 1.29 is 9.50 Å². The van der Waals surface area contributed by atoms with Gasteiger partial charge in [-0.2, -0.15) is 0 Å². The molecule has 0 aromatic heterocycles. The van der Waals surface area contributed by atoms with Gasteiger partial charge in [0.25, 0.3) is 0 Å². The quantitative estimate of drug-likeness (QED) is 0.808. The third-order valence-electron chi connectivity index (χ3n) is 2.68. The van der Waals surface area contributed by atoms with Gasteiger partial charge >= 0.3 is 0 Å². The minimum absolute atomic E-state index is 0.0393. The molecule has 0 bridgehead atoms. The molecule has 0 radical (unpaired) electrons. The standard InChI is InChI=1S/C12H16Cl2FNO/c1-2-3-4-9(17)12(16)10-7(13)5-6-8(14)11(10)15/h5-6,9,12,17H,2-4,16H2,1H3/t9-,12-/m0/s1. The first-order valence-electron chi connectivity index (χ1n) is 5.56. The maximum absolute atomic E-state index is 13.8. The number of nitrogens with two attached hydrogens (primary N) is 1. The van der Waals surface area contributed by atoms with E-state index in [4.69, 9.17) is 28.9 Å². The topological polar surface area (TPSA) is 46.2 Å². The number of aliphatic hydroxyl groups is 1. The van der Waals surface area contributed by atoms with Crippen LogP contribution in [0.2, 0.25) is 10.0 Å². The van der Waals surface area contributed by atoms with E-state index in [-0.39, 0.29) is 15.6 Å². The van der Waals surface area contributed by atoms with Gasteiger partial charge in [0, 0.05) is 10.6 Å². The Balaban J connectivity index is 2.95. The molecule has 2 atom stereocenters. The van der Waals surface area contributed by atoms with Crippen LogP contribution >= 0.6 is 23.2 Å². The summed E-state index contributed by atoms with van der Waals surface area (Å²) in [5, 5.41) is 10.00. The van der Waals surface area contributed by atoms with E-state index in [1.807, 2.05) is 6.92 Å². The summed E-state index contributed by atoms with van der Waals surface area (Å²) < 4.78 is 13.8. The number of hydrogen-bond acceptors (Lipinski definition) is 2. The first-order chi connectivity index (χ1) is 7.99. The largest absolute Gasteiger partial charge is 0.391 e. The second-order valence-electron chi connectivity index (χ2n) is 3.99. The second kappa shape index (κ2) is 6.55. The molecule has 0 aliphatic heterocycles. The molecular weight excluding hydrogens is 264 g/mol. The fourth-order valence-electron chi connectivity index (χ4n) is 1.63. The molecular formula is C12H16Cl2FNO. The van der Waals surface area contributed by atoms with Crippen molar-refractivity contribution in [3.05, 3.63) is 33.6 Å². The van der Waals surface area contributed by atoms with Crippen LogP contribution in [0.25, 0.3) is 0 Å². The third-order valence-corrected chi connectivity index (χ3v) is 3.30. The van der Waals surface area contributed by atoms with Gasteiger partial charge in [0.1, 0.15) is 5.82 Å². The maximum Gasteiger partial charge on any atom is 0.148 e. The smallest absolute Gasteiger partial charge is 0.148 e. The van der Waals surface area contributed by atoms with Crippen LogP contribution < -0.4 is 5.73 Å². The Morgan fingerprint density at radius 1 is 1.35 bits per heavy atom. The van der Waals surface area contributed by atoms with Crippen LogP contribution in [-0.2, 0) is 0 Å². The molecule has 0 amide bonds. The van der Waals surface area contributed by atoms with Gasteiger partial charge in [0.15, 0.2) is 0 Å². The van der Waals surface area contributed by atoms with Gasteiger partial charge in [-0.3, -0.25) is 0 Å². The predicted octanol–water partition coefficient (Wildman–Crippen LogP) is 3.68. The average molecular weight is 280 g/mol. The van der Waals surface area contributed by atoms with E-state index < -0.39 is 18.0 Å². The lowest BCUT2D eigenvalue weighted by Crippen LogP contribution is -2.27. The fraction of sp³-hybridized carbons (Fsp3) is 0.500.